The van der Waals surface area contributed by atoms with Gasteiger partial charge < -0.3 is 4.74 Å². The van der Waals surface area contributed by atoms with E-state index in [0.717, 1.165) is 5.56 Å². The zero-order chi connectivity index (χ0) is 12.0. The molecular weight excluding hydrogens is 200 g/mol. The molecule has 1 aromatic rings. The predicted molar refractivity (Wildman–Crippen MR) is 66.2 cm³/mol. The van der Waals surface area contributed by atoms with Crippen molar-refractivity contribution in [3.05, 3.63) is 41.5 Å². The third-order valence-electron chi connectivity index (χ3n) is 2.28. The Morgan fingerprint density at radius 3 is 2.81 bits per heavy atom. The van der Waals surface area contributed by atoms with Crippen molar-refractivity contribution in [2.24, 2.45) is 0 Å². The third kappa shape index (κ3) is 3.89. The van der Waals surface area contributed by atoms with Gasteiger partial charge in [0.1, 0.15) is 0 Å². The Labute approximate surface area is 96.9 Å². The fraction of sp³-hybridized carbons (Fsp3) is 0.357. The van der Waals surface area contributed by atoms with Crippen LogP contribution in [0.2, 0.25) is 0 Å². The number of benzene rings is 1. The topological polar surface area (TPSA) is 26.3 Å². The molecule has 0 aliphatic heterocycles. The molecule has 1 rings (SSSR count). The van der Waals surface area contributed by atoms with Gasteiger partial charge in [-0.15, -0.1) is 0 Å². The van der Waals surface area contributed by atoms with Crippen LogP contribution >= 0.6 is 0 Å². The van der Waals surface area contributed by atoms with Crippen molar-refractivity contribution < 1.29 is 9.53 Å². The Morgan fingerprint density at radius 2 is 2.19 bits per heavy atom. The number of carbonyl (C=O) groups is 1. The molecule has 2 nitrogen and oxygen atoms in total. The fourth-order valence-corrected chi connectivity index (χ4v) is 1.38. The van der Waals surface area contributed by atoms with Gasteiger partial charge in [0, 0.05) is 6.08 Å². The lowest BCUT2D eigenvalue weighted by atomic mass is 10.0. The van der Waals surface area contributed by atoms with Crippen molar-refractivity contribution in [2.75, 3.05) is 6.61 Å². The van der Waals surface area contributed by atoms with E-state index in [1.54, 1.807) is 13.0 Å². The molecule has 0 unspecified atom stereocenters. The number of hydrogen-bond donors (Lipinski definition) is 0. The summed E-state index contributed by atoms with van der Waals surface area (Å²) in [6.07, 6.45) is 3.24. The van der Waals surface area contributed by atoms with Crippen molar-refractivity contribution in [1.82, 2.24) is 0 Å². The summed E-state index contributed by atoms with van der Waals surface area (Å²) in [6, 6.07) is 8.15. The maximum absolute atomic E-state index is 11.1. The molecule has 0 fully saturated rings. The molecule has 0 bridgehead atoms. The van der Waals surface area contributed by atoms with Crippen molar-refractivity contribution in [2.45, 2.75) is 26.7 Å². The monoisotopic (exact) mass is 218 g/mol. The van der Waals surface area contributed by atoms with Crippen LogP contribution in [-0.2, 0) is 9.53 Å². The summed E-state index contributed by atoms with van der Waals surface area (Å²) in [6.45, 7) is 6.50. The fourth-order valence-electron chi connectivity index (χ4n) is 1.38. The minimum Gasteiger partial charge on any atom is -0.463 e. The summed E-state index contributed by atoms with van der Waals surface area (Å²) >= 11 is 0. The molecule has 1 aromatic carbocycles. The van der Waals surface area contributed by atoms with Crippen LogP contribution in [-0.4, -0.2) is 12.6 Å². The average Bonchev–Trinajstić information content (AvgIpc) is 2.27. The zero-order valence-corrected chi connectivity index (χ0v) is 10.1. The standard InChI is InChI=1S/C14H18O2/c1-4-16-14(15)9-8-12-6-5-7-13(10-12)11(2)3/h5-11H,4H2,1-3H3/b9-8-. The van der Waals surface area contributed by atoms with Gasteiger partial charge in [0.2, 0.25) is 0 Å². The van der Waals surface area contributed by atoms with E-state index in [1.807, 2.05) is 12.1 Å². The Bertz CT molecular complexity index is 378. The predicted octanol–water partition coefficient (Wildman–Crippen LogP) is 3.39. The van der Waals surface area contributed by atoms with E-state index in [2.05, 4.69) is 26.0 Å². The number of carbonyl (C=O) groups excluding carboxylic acids is 1. The van der Waals surface area contributed by atoms with Crippen molar-refractivity contribution in [3.63, 3.8) is 0 Å². The third-order valence-corrected chi connectivity index (χ3v) is 2.28. The summed E-state index contributed by atoms with van der Waals surface area (Å²) in [4.78, 5) is 11.1. The van der Waals surface area contributed by atoms with Crippen LogP contribution in [0.3, 0.4) is 0 Å². The van der Waals surface area contributed by atoms with Crippen LogP contribution in [0, 0.1) is 0 Å². The molecule has 0 radical (unpaired) electrons. The Hall–Kier alpha value is -1.57. The van der Waals surface area contributed by atoms with Gasteiger partial charge in [0.25, 0.3) is 0 Å². The van der Waals surface area contributed by atoms with E-state index >= 15 is 0 Å². The quantitative estimate of drug-likeness (QED) is 0.572. The molecule has 86 valence electrons. The number of esters is 1. The second kappa shape index (κ2) is 6.11. The average molecular weight is 218 g/mol. The largest absolute Gasteiger partial charge is 0.463 e. The maximum Gasteiger partial charge on any atom is 0.330 e. The lowest BCUT2D eigenvalue weighted by Crippen LogP contribution is -1.98. The first-order valence-electron chi connectivity index (χ1n) is 5.58. The van der Waals surface area contributed by atoms with Gasteiger partial charge in [-0.1, -0.05) is 38.1 Å². The normalized spacial score (nSPS) is 11.0. The summed E-state index contributed by atoms with van der Waals surface area (Å²) in [7, 11) is 0. The van der Waals surface area contributed by atoms with Gasteiger partial charge >= 0.3 is 5.97 Å². The highest BCUT2D eigenvalue weighted by molar-refractivity contribution is 5.87. The van der Waals surface area contributed by atoms with Crippen molar-refractivity contribution >= 4 is 12.0 Å². The molecule has 0 aliphatic rings. The molecule has 16 heavy (non-hydrogen) atoms. The Kier molecular flexibility index (Phi) is 4.77. The summed E-state index contributed by atoms with van der Waals surface area (Å²) in [5, 5.41) is 0. The SMILES string of the molecule is CCOC(=O)/C=C\c1cccc(C(C)C)c1. The summed E-state index contributed by atoms with van der Waals surface area (Å²) in [5.41, 5.74) is 2.30. The van der Waals surface area contributed by atoms with Crippen LogP contribution in [0.4, 0.5) is 0 Å². The van der Waals surface area contributed by atoms with Gasteiger partial charge in [-0.25, -0.2) is 4.79 Å². The second-order valence-corrected chi connectivity index (χ2v) is 3.91. The molecule has 0 aromatic heterocycles. The number of rotatable bonds is 4. The number of hydrogen-bond acceptors (Lipinski definition) is 2. The van der Waals surface area contributed by atoms with Gasteiger partial charge in [0.15, 0.2) is 0 Å². The molecular formula is C14H18O2. The van der Waals surface area contributed by atoms with Gasteiger partial charge in [-0.2, -0.15) is 0 Å². The molecule has 0 spiro atoms. The lowest BCUT2D eigenvalue weighted by Gasteiger charge is -2.05. The van der Waals surface area contributed by atoms with Crippen LogP contribution < -0.4 is 0 Å². The van der Waals surface area contributed by atoms with Gasteiger partial charge in [0.05, 0.1) is 6.61 Å². The van der Waals surface area contributed by atoms with E-state index in [4.69, 9.17) is 4.74 Å². The second-order valence-electron chi connectivity index (χ2n) is 3.91. The van der Waals surface area contributed by atoms with E-state index in [1.165, 1.54) is 11.6 Å². The molecule has 0 saturated carbocycles. The van der Waals surface area contributed by atoms with Crippen LogP contribution in [0.15, 0.2) is 30.3 Å². The van der Waals surface area contributed by atoms with E-state index < -0.39 is 0 Å². The summed E-state index contributed by atoms with van der Waals surface area (Å²) < 4.78 is 4.82. The zero-order valence-electron chi connectivity index (χ0n) is 10.1. The van der Waals surface area contributed by atoms with Crippen LogP contribution in [0.5, 0.6) is 0 Å². The maximum atomic E-state index is 11.1. The van der Waals surface area contributed by atoms with E-state index in [9.17, 15) is 4.79 Å². The first kappa shape index (κ1) is 12.5. The van der Waals surface area contributed by atoms with Gasteiger partial charge in [-0.05, 0) is 30.0 Å². The Morgan fingerprint density at radius 1 is 1.44 bits per heavy atom. The van der Waals surface area contributed by atoms with Crippen molar-refractivity contribution in [3.8, 4) is 0 Å². The molecule has 0 amide bonds. The first-order valence-corrected chi connectivity index (χ1v) is 5.58. The summed E-state index contributed by atoms with van der Waals surface area (Å²) in [5.74, 6) is 0.202. The lowest BCUT2D eigenvalue weighted by molar-refractivity contribution is -0.137. The minimum absolute atomic E-state index is 0.294. The highest BCUT2D eigenvalue weighted by Crippen LogP contribution is 2.16. The molecule has 0 atom stereocenters. The molecule has 0 saturated heterocycles. The van der Waals surface area contributed by atoms with Crippen LogP contribution in [0.1, 0.15) is 37.8 Å². The highest BCUT2D eigenvalue weighted by atomic mass is 16.5. The van der Waals surface area contributed by atoms with Crippen LogP contribution in [0.25, 0.3) is 6.08 Å². The molecule has 0 heterocycles. The smallest absolute Gasteiger partial charge is 0.330 e. The first-order chi connectivity index (χ1) is 7.63. The molecule has 0 aliphatic carbocycles. The van der Waals surface area contributed by atoms with E-state index in [0.29, 0.717) is 12.5 Å². The number of ether oxygens (including phenoxy) is 1. The van der Waals surface area contributed by atoms with Crippen molar-refractivity contribution in [1.29, 1.82) is 0 Å². The minimum atomic E-state index is -0.294. The molecule has 0 N–H and O–H groups in total. The van der Waals surface area contributed by atoms with Gasteiger partial charge in [-0.3, -0.25) is 0 Å². The Balaban J connectivity index is 2.74. The molecule has 2 heteroatoms. The van der Waals surface area contributed by atoms with E-state index in [-0.39, 0.29) is 5.97 Å². The highest BCUT2D eigenvalue weighted by Gasteiger charge is 1.99.